The molecule has 100 valence electrons. The lowest BCUT2D eigenvalue weighted by Gasteiger charge is -2.27. The molecule has 0 bridgehead atoms. The first kappa shape index (κ1) is 13.1. The molecule has 1 atom stereocenters. The molecular formula is C13H22N4O. The average molecular weight is 250 g/mol. The summed E-state index contributed by atoms with van der Waals surface area (Å²) in [5.41, 5.74) is 1.14. The van der Waals surface area contributed by atoms with E-state index in [1.54, 1.807) is 4.68 Å². The Morgan fingerprint density at radius 3 is 2.72 bits per heavy atom. The van der Waals surface area contributed by atoms with Crippen molar-refractivity contribution < 1.29 is 4.79 Å². The predicted molar refractivity (Wildman–Crippen MR) is 70.0 cm³/mol. The number of aromatic nitrogens is 2. The maximum atomic E-state index is 12.2. The number of carbonyl (C=O) groups excluding carboxylic acids is 1. The third-order valence-electron chi connectivity index (χ3n) is 3.63. The highest BCUT2D eigenvalue weighted by molar-refractivity contribution is 5.81. The lowest BCUT2D eigenvalue weighted by atomic mass is 10.2. The fourth-order valence-electron chi connectivity index (χ4n) is 2.37. The van der Waals surface area contributed by atoms with Crippen LogP contribution in [0.15, 0.2) is 12.4 Å². The van der Waals surface area contributed by atoms with Gasteiger partial charge in [-0.2, -0.15) is 5.10 Å². The quantitative estimate of drug-likeness (QED) is 0.796. The Bertz CT molecular complexity index is 409. The Hall–Kier alpha value is -1.36. The van der Waals surface area contributed by atoms with E-state index in [0.29, 0.717) is 0 Å². The van der Waals surface area contributed by atoms with Crippen LogP contribution in [0.2, 0.25) is 0 Å². The molecule has 1 fully saturated rings. The minimum Gasteiger partial charge on any atom is -0.341 e. The van der Waals surface area contributed by atoms with Gasteiger partial charge >= 0.3 is 0 Å². The smallest absolute Gasteiger partial charge is 0.239 e. The molecule has 0 saturated carbocycles. The van der Waals surface area contributed by atoms with E-state index >= 15 is 0 Å². The summed E-state index contributed by atoms with van der Waals surface area (Å²) >= 11 is 0. The topological polar surface area (TPSA) is 41.4 Å². The summed E-state index contributed by atoms with van der Waals surface area (Å²) in [7, 11) is 3.90. The van der Waals surface area contributed by atoms with Crippen LogP contribution in [0.3, 0.4) is 0 Å². The monoisotopic (exact) mass is 250 g/mol. The molecule has 5 nitrogen and oxygen atoms in total. The van der Waals surface area contributed by atoms with E-state index in [-0.39, 0.29) is 11.9 Å². The van der Waals surface area contributed by atoms with Crippen LogP contribution in [0.4, 0.5) is 0 Å². The van der Waals surface area contributed by atoms with Crippen LogP contribution in [-0.4, -0.2) is 51.7 Å². The minimum atomic E-state index is -0.0664. The van der Waals surface area contributed by atoms with Gasteiger partial charge in [0.15, 0.2) is 0 Å². The maximum Gasteiger partial charge on any atom is 0.239 e. The molecule has 1 saturated heterocycles. The fraction of sp³-hybridized carbons (Fsp3) is 0.692. The van der Waals surface area contributed by atoms with E-state index in [1.807, 2.05) is 38.3 Å². The van der Waals surface area contributed by atoms with Crippen LogP contribution in [0.1, 0.15) is 25.3 Å². The lowest BCUT2D eigenvalue weighted by Crippen LogP contribution is -2.44. The summed E-state index contributed by atoms with van der Waals surface area (Å²) in [6.07, 6.45) is 6.13. The molecule has 0 N–H and O–H groups in total. The molecule has 0 spiro atoms. The Morgan fingerprint density at radius 2 is 2.17 bits per heavy atom. The van der Waals surface area contributed by atoms with E-state index in [2.05, 4.69) is 10.00 Å². The van der Waals surface area contributed by atoms with Gasteiger partial charge < -0.3 is 4.90 Å². The van der Waals surface area contributed by atoms with Gasteiger partial charge in [0, 0.05) is 38.4 Å². The van der Waals surface area contributed by atoms with Gasteiger partial charge in [0.25, 0.3) is 0 Å². The highest BCUT2D eigenvalue weighted by Gasteiger charge is 2.25. The number of nitrogens with zero attached hydrogens (tertiary/aromatic N) is 4. The summed E-state index contributed by atoms with van der Waals surface area (Å²) in [5.74, 6) is 0.249. The van der Waals surface area contributed by atoms with Gasteiger partial charge in [0.2, 0.25) is 5.91 Å². The number of rotatable bonds is 4. The molecule has 1 amide bonds. The van der Waals surface area contributed by atoms with E-state index in [4.69, 9.17) is 0 Å². The second kappa shape index (κ2) is 5.52. The van der Waals surface area contributed by atoms with Crippen molar-refractivity contribution in [2.45, 2.75) is 32.4 Å². The first-order chi connectivity index (χ1) is 8.58. The molecule has 18 heavy (non-hydrogen) atoms. The molecule has 2 heterocycles. The maximum absolute atomic E-state index is 12.2. The summed E-state index contributed by atoms with van der Waals surface area (Å²) in [6, 6.07) is -0.0664. The van der Waals surface area contributed by atoms with Crippen LogP contribution in [0, 0.1) is 0 Å². The molecule has 0 aliphatic carbocycles. The third kappa shape index (κ3) is 2.90. The van der Waals surface area contributed by atoms with Gasteiger partial charge in [-0.1, -0.05) is 0 Å². The van der Waals surface area contributed by atoms with Crippen LogP contribution in [-0.2, 0) is 18.4 Å². The number of likely N-dealkylation sites (N-methyl/N-ethyl adjacent to an activating group) is 1. The van der Waals surface area contributed by atoms with E-state index in [1.165, 1.54) is 0 Å². The minimum absolute atomic E-state index is 0.0664. The first-order valence-corrected chi connectivity index (χ1v) is 6.54. The van der Waals surface area contributed by atoms with Crippen LogP contribution in [0.5, 0.6) is 0 Å². The SMILES string of the molecule is C[C@H](C(=O)N1CCCC1)N(C)Cc1cnn(C)c1. The number of aryl methyl sites for hydroxylation is 1. The van der Waals surface area contributed by atoms with Gasteiger partial charge in [0.1, 0.15) is 0 Å². The molecule has 1 aliphatic heterocycles. The van der Waals surface area contributed by atoms with Gasteiger partial charge in [-0.25, -0.2) is 0 Å². The van der Waals surface area contributed by atoms with Crippen molar-refractivity contribution in [3.8, 4) is 0 Å². The Balaban J connectivity index is 1.91. The summed E-state index contributed by atoms with van der Waals surface area (Å²) < 4.78 is 1.79. The highest BCUT2D eigenvalue weighted by atomic mass is 16.2. The van der Waals surface area contributed by atoms with Crippen molar-refractivity contribution in [3.05, 3.63) is 18.0 Å². The average Bonchev–Trinajstić information content (AvgIpc) is 2.98. The molecular weight excluding hydrogens is 228 g/mol. The molecule has 1 aliphatic rings. The van der Waals surface area contributed by atoms with E-state index in [0.717, 1.165) is 38.0 Å². The zero-order valence-corrected chi connectivity index (χ0v) is 11.5. The summed E-state index contributed by atoms with van der Waals surface area (Å²) in [4.78, 5) is 16.3. The van der Waals surface area contributed by atoms with Gasteiger partial charge in [-0.05, 0) is 26.8 Å². The van der Waals surface area contributed by atoms with Gasteiger partial charge in [-0.3, -0.25) is 14.4 Å². The zero-order valence-electron chi connectivity index (χ0n) is 11.5. The van der Waals surface area contributed by atoms with Crippen molar-refractivity contribution in [1.82, 2.24) is 19.6 Å². The predicted octanol–water partition coefficient (Wildman–Crippen LogP) is 0.863. The zero-order chi connectivity index (χ0) is 13.1. The van der Waals surface area contributed by atoms with Crippen LogP contribution < -0.4 is 0 Å². The molecule has 1 aromatic rings. The van der Waals surface area contributed by atoms with Crippen molar-refractivity contribution in [2.75, 3.05) is 20.1 Å². The van der Waals surface area contributed by atoms with Gasteiger partial charge in [0.05, 0.1) is 12.2 Å². The Kier molecular flexibility index (Phi) is 4.01. The first-order valence-electron chi connectivity index (χ1n) is 6.54. The molecule has 0 unspecified atom stereocenters. The number of likely N-dealkylation sites (tertiary alicyclic amines) is 1. The molecule has 2 rings (SSSR count). The van der Waals surface area contributed by atoms with Crippen molar-refractivity contribution in [2.24, 2.45) is 7.05 Å². The Morgan fingerprint density at radius 1 is 1.50 bits per heavy atom. The Labute approximate surface area is 108 Å². The highest BCUT2D eigenvalue weighted by Crippen LogP contribution is 2.12. The van der Waals surface area contributed by atoms with Crippen molar-refractivity contribution in [3.63, 3.8) is 0 Å². The molecule has 0 radical (unpaired) electrons. The van der Waals surface area contributed by atoms with E-state index in [9.17, 15) is 4.79 Å². The standard InChI is InChI=1S/C13H22N4O/c1-11(13(18)17-6-4-5-7-17)15(2)9-12-8-14-16(3)10-12/h8,10-11H,4-7,9H2,1-3H3/t11-/m1/s1. The summed E-state index contributed by atoms with van der Waals surface area (Å²) in [6.45, 7) is 4.58. The van der Waals surface area contributed by atoms with Crippen molar-refractivity contribution >= 4 is 5.91 Å². The largest absolute Gasteiger partial charge is 0.341 e. The number of hydrogen-bond acceptors (Lipinski definition) is 3. The second-order valence-electron chi connectivity index (χ2n) is 5.15. The number of carbonyl (C=O) groups is 1. The third-order valence-corrected chi connectivity index (χ3v) is 3.63. The lowest BCUT2D eigenvalue weighted by molar-refractivity contribution is -0.135. The molecule has 5 heteroatoms. The second-order valence-corrected chi connectivity index (χ2v) is 5.15. The number of amides is 1. The number of hydrogen-bond donors (Lipinski definition) is 0. The van der Waals surface area contributed by atoms with Gasteiger partial charge in [-0.15, -0.1) is 0 Å². The van der Waals surface area contributed by atoms with Crippen LogP contribution >= 0.6 is 0 Å². The molecule has 1 aromatic heterocycles. The summed E-state index contributed by atoms with van der Waals surface area (Å²) in [5, 5.41) is 4.15. The fourth-order valence-corrected chi connectivity index (χ4v) is 2.37. The molecule has 0 aromatic carbocycles. The van der Waals surface area contributed by atoms with Crippen LogP contribution in [0.25, 0.3) is 0 Å². The normalized spacial score (nSPS) is 17.4. The van der Waals surface area contributed by atoms with E-state index < -0.39 is 0 Å². The van der Waals surface area contributed by atoms with Crippen molar-refractivity contribution in [1.29, 1.82) is 0 Å².